The van der Waals surface area contributed by atoms with Gasteiger partial charge in [0.05, 0.1) is 7.11 Å². The van der Waals surface area contributed by atoms with Crippen LogP contribution in [0.3, 0.4) is 0 Å². The van der Waals surface area contributed by atoms with E-state index in [4.69, 9.17) is 0 Å². The molecule has 4 nitrogen and oxygen atoms in total. The second-order valence-electron chi connectivity index (χ2n) is 4.36. The molecule has 0 saturated heterocycles. The summed E-state index contributed by atoms with van der Waals surface area (Å²) in [6.07, 6.45) is -4.06. The topological polar surface area (TPSA) is 47.6 Å². The predicted octanol–water partition coefficient (Wildman–Crippen LogP) is 1.64. The van der Waals surface area contributed by atoms with Crippen molar-refractivity contribution in [3.05, 3.63) is 0 Å². The highest BCUT2D eigenvalue weighted by Crippen LogP contribution is 2.23. The number of esters is 1. The number of rotatable bonds is 7. The zero-order valence-corrected chi connectivity index (χ0v) is 10.4. The van der Waals surface area contributed by atoms with Gasteiger partial charge in [-0.05, 0) is 26.2 Å². The van der Waals surface area contributed by atoms with Crippen LogP contribution in [0.5, 0.6) is 0 Å². The summed E-state index contributed by atoms with van der Waals surface area (Å²) in [6, 6.07) is -0.322. The first kappa shape index (κ1) is 15.2. The van der Waals surface area contributed by atoms with E-state index in [1.54, 1.807) is 0 Å². The van der Waals surface area contributed by atoms with Crippen LogP contribution in [0.2, 0.25) is 0 Å². The van der Waals surface area contributed by atoms with Crippen LogP contribution in [-0.4, -0.2) is 44.0 Å². The fourth-order valence-electron chi connectivity index (χ4n) is 1.40. The molecular formula is C11H18F3NO3. The highest BCUT2D eigenvalue weighted by atomic mass is 19.4. The Labute approximate surface area is 104 Å². The first-order valence-electron chi connectivity index (χ1n) is 5.86. The van der Waals surface area contributed by atoms with Gasteiger partial charge in [0.15, 0.2) is 6.10 Å². The molecule has 1 aliphatic carbocycles. The minimum atomic E-state index is -4.37. The fraction of sp³-hybridized carbons (Fsp3) is 0.909. The molecule has 2 unspecified atom stereocenters. The molecule has 1 fully saturated rings. The van der Waals surface area contributed by atoms with Gasteiger partial charge in [-0.25, -0.2) is 0 Å². The van der Waals surface area contributed by atoms with E-state index < -0.39 is 24.3 Å². The minimum Gasteiger partial charge on any atom is -0.468 e. The maximum absolute atomic E-state index is 12.2. The first-order chi connectivity index (χ1) is 8.34. The lowest BCUT2D eigenvalue weighted by molar-refractivity contribution is -0.214. The van der Waals surface area contributed by atoms with Gasteiger partial charge >= 0.3 is 12.1 Å². The van der Waals surface area contributed by atoms with Crippen molar-refractivity contribution in [2.24, 2.45) is 0 Å². The van der Waals surface area contributed by atoms with Crippen LogP contribution in [0.1, 0.15) is 26.2 Å². The van der Waals surface area contributed by atoms with Gasteiger partial charge in [-0.1, -0.05) is 0 Å². The number of carbonyl (C=O) groups is 1. The average molecular weight is 269 g/mol. The highest BCUT2D eigenvalue weighted by Gasteiger charge is 2.37. The Morgan fingerprint density at radius 1 is 1.44 bits per heavy atom. The number of carbonyl (C=O) groups excluding carboxylic acids is 1. The van der Waals surface area contributed by atoms with E-state index in [1.807, 2.05) is 0 Å². The molecule has 0 spiro atoms. The van der Waals surface area contributed by atoms with Crippen LogP contribution in [-0.2, 0) is 14.3 Å². The van der Waals surface area contributed by atoms with Crippen LogP contribution >= 0.6 is 0 Å². The molecule has 7 heteroatoms. The third-order valence-corrected chi connectivity index (χ3v) is 2.74. The first-order valence-corrected chi connectivity index (χ1v) is 5.86. The van der Waals surface area contributed by atoms with Gasteiger partial charge in [0.2, 0.25) is 0 Å². The molecule has 1 saturated carbocycles. The van der Waals surface area contributed by atoms with Crippen molar-refractivity contribution in [1.29, 1.82) is 0 Å². The van der Waals surface area contributed by atoms with Crippen molar-refractivity contribution in [2.75, 3.05) is 13.7 Å². The van der Waals surface area contributed by atoms with Gasteiger partial charge in [-0.3, -0.25) is 4.79 Å². The molecular weight excluding hydrogens is 251 g/mol. The summed E-state index contributed by atoms with van der Waals surface area (Å²) in [5.41, 5.74) is 0. The maximum Gasteiger partial charge on any atom is 0.414 e. The molecule has 0 aliphatic heterocycles. The lowest BCUT2D eigenvalue weighted by Gasteiger charge is -2.19. The zero-order chi connectivity index (χ0) is 13.8. The largest absolute Gasteiger partial charge is 0.468 e. The quantitative estimate of drug-likeness (QED) is 0.714. The van der Waals surface area contributed by atoms with E-state index in [9.17, 15) is 18.0 Å². The number of nitrogens with one attached hydrogen (secondary N) is 1. The lowest BCUT2D eigenvalue weighted by Crippen LogP contribution is -2.40. The van der Waals surface area contributed by atoms with Gasteiger partial charge < -0.3 is 14.8 Å². The summed E-state index contributed by atoms with van der Waals surface area (Å²) in [5.74, 6) is -0.467. The maximum atomic E-state index is 12.2. The Bertz CT molecular complexity index is 279. The van der Waals surface area contributed by atoms with E-state index in [0.717, 1.165) is 19.8 Å². The van der Waals surface area contributed by atoms with Crippen molar-refractivity contribution >= 4 is 5.97 Å². The van der Waals surface area contributed by atoms with E-state index in [1.165, 1.54) is 7.11 Å². The van der Waals surface area contributed by atoms with Gasteiger partial charge in [0.1, 0.15) is 6.04 Å². The van der Waals surface area contributed by atoms with E-state index in [-0.39, 0.29) is 19.1 Å². The number of hydrogen-bond donors (Lipinski definition) is 1. The Hall–Kier alpha value is -0.820. The van der Waals surface area contributed by atoms with Crippen molar-refractivity contribution in [1.82, 2.24) is 5.32 Å². The average Bonchev–Trinajstić information content (AvgIpc) is 3.09. The normalized spacial score (nSPS) is 19.4. The molecule has 0 amide bonds. The molecule has 0 heterocycles. The fourth-order valence-corrected chi connectivity index (χ4v) is 1.40. The SMILES string of the molecule is COC(=O)C(CCOC(C)C(F)(F)F)NC1CC1. The Kier molecular flexibility index (Phi) is 5.40. The predicted molar refractivity (Wildman–Crippen MR) is 58.0 cm³/mol. The van der Waals surface area contributed by atoms with Gasteiger partial charge in [0.25, 0.3) is 0 Å². The molecule has 1 N–H and O–H groups in total. The molecule has 0 aromatic carbocycles. The van der Waals surface area contributed by atoms with Crippen LogP contribution < -0.4 is 5.32 Å². The third-order valence-electron chi connectivity index (χ3n) is 2.74. The van der Waals surface area contributed by atoms with E-state index in [0.29, 0.717) is 0 Å². The van der Waals surface area contributed by atoms with Crippen LogP contribution in [0.15, 0.2) is 0 Å². The van der Waals surface area contributed by atoms with E-state index in [2.05, 4.69) is 14.8 Å². The number of methoxy groups -OCH3 is 1. The van der Waals surface area contributed by atoms with Crippen molar-refractivity contribution < 1.29 is 27.4 Å². The number of alkyl halides is 3. The zero-order valence-electron chi connectivity index (χ0n) is 10.4. The molecule has 18 heavy (non-hydrogen) atoms. The van der Waals surface area contributed by atoms with Gasteiger partial charge in [0, 0.05) is 12.6 Å². The summed E-state index contributed by atoms with van der Waals surface area (Å²) in [6.45, 7) is 0.807. The molecule has 1 aliphatic rings. The number of hydrogen-bond acceptors (Lipinski definition) is 4. The summed E-state index contributed by atoms with van der Waals surface area (Å²) in [7, 11) is 1.25. The molecule has 1 rings (SSSR count). The Morgan fingerprint density at radius 2 is 2.06 bits per heavy atom. The lowest BCUT2D eigenvalue weighted by atomic mass is 10.2. The van der Waals surface area contributed by atoms with Crippen molar-refractivity contribution in [3.63, 3.8) is 0 Å². The van der Waals surface area contributed by atoms with Crippen molar-refractivity contribution in [3.8, 4) is 0 Å². The molecule has 0 aromatic rings. The third kappa shape index (κ3) is 5.22. The van der Waals surface area contributed by atoms with E-state index >= 15 is 0 Å². The Morgan fingerprint density at radius 3 is 2.50 bits per heavy atom. The van der Waals surface area contributed by atoms with Gasteiger partial charge in [-0.15, -0.1) is 0 Å². The molecule has 0 aromatic heterocycles. The van der Waals surface area contributed by atoms with Gasteiger partial charge in [-0.2, -0.15) is 13.2 Å². The summed E-state index contributed by atoms with van der Waals surface area (Å²) in [5, 5.41) is 3.02. The summed E-state index contributed by atoms with van der Waals surface area (Å²) < 4.78 is 45.8. The molecule has 2 atom stereocenters. The summed E-state index contributed by atoms with van der Waals surface area (Å²) in [4.78, 5) is 11.4. The standard InChI is InChI=1S/C11H18F3NO3/c1-7(11(12,13)14)18-6-5-9(10(16)17-2)15-8-3-4-8/h7-9,15H,3-6H2,1-2H3. The molecule has 106 valence electrons. The van der Waals surface area contributed by atoms with Crippen LogP contribution in [0.4, 0.5) is 13.2 Å². The second kappa shape index (κ2) is 6.38. The number of halogens is 3. The summed E-state index contributed by atoms with van der Waals surface area (Å²) >= 11 is 0. The van der Waals surface area contributed by atoms with Crippen LogP contribution in [0.25, 0.3) is 0 Å². The minimum absolute atomic E-state index is 0.139. The molecule has 0 radical (unpaired) electrons. The monoisotopic (exact) mass is 269 g/mol. The number of ether oxygens (including phenoxy) is 2. The van der Waals surface area contributed by atoms with Crippen LogP contribution in [0, 0.1) is 0 Å². The highest BCUT2D eigenvalue weighted by molar-refractivity contribution is 5.75. The Balaban J connectivity index is 2.30. The second-order valence-corrected chi connectivity index (χ2v) is 4.36. The van der Waals surface area contributed by atoms with Crippen molar-refractivity contribution in [2.45, 2.75) is 50.6 Å². The molecule has 0 bridgehead atoms. The smallest absolute Gasteiger partial charge is 0.414 e.